The third-order valence-corrected chi connectivity index (χ3v) is 10.8. The number of fused-ring (bicyclic) bond motifs is 5. The monoisotopic (exact) mass is 502 g/mol. The van der Waals surface area contributed by atoms with Crippen LogP contribution in [0.2, 0.25) is 0 Å². The minimum atomic E-state index is -0.948. The predicted octanol–water partition coefficient (Wildman–Crippen LogP) is 5.28. The van der Waals surface area contributed by atoms with E-state index in [-0.39, 0.29) is 40.6 Å². The first-order valence-electron chi connectivity index (χ1n) is 13.9. The van der Waals surface area contributed by atoms with E-state index in [9.17, 15) is 24.9 Å². The first-order valence-corrected chi connectivity index (χ1v) is 13.9. The van der Waals surface area contributed by atoms with E-state index >= 15 is 0 Å². The fourth-order valence-corrected chi connectivity index (χ4v) is 9.24. The number of aliphatic hydroxyl groups excluding tert-OH is 2. The highest BCUT2D eigenvalue weighted by Crippen LogP contribution is 2.69. The van der Waals surface area contributed by atoms with E-state index in [4.69, 9.17) is 4.74 Å². The van der Waals surface area contributed by atoms with Gasteiger partial charge in [-0.25, -0.2) is 4.79 Å². The summed E-state index contributed by atoms with van der Waals surface area (Å²) < 4.78 is 5.83. The van der Waals surface area contributed by atoms with E-state index in [0.29, 0.717) is 37.2 Å². The number of carboxylic acid groups (broad SMARTS) is 1. The Morgan fingerprint density at radius 2 is 1.69 bits per heavy atom. The third kappa shape index (κ3) is 4.47. The standard InChI is InChI=1S/C30H46O6/c1-16(2)8-7-9-19(28(34)35)26-22-14-24(33)27-21(30(22,6)15-25(26)36-18(4)31)11-10-20-17(3)23(32)12-13-29(20,27)5/h8,17,20-25,27,32-33H,7,9-15H2,1-6H3,(H,34,35)/b26-19-/t17-,20?,21-,22-,23+,24+,25-,27-,29-,30+/m0/s1. The second kappa shape index (κ2) is 9.90. The Labute approximate surface area is 216 Å². The minimum absolute atomic E-state index is 0.0581. The topological polar surface area (TPSA) is 104 Å². The summed E-state index contributed by atoms with van der Waals surface area (Å²) in [6.07, 6.45) is 6.42. The number of ether oxygens (including phenoxy) is 1. The molecular weight excluding hydrogens is 456 g/mol. The summed E-state index contributed by atoms with van der Waals surface area (Å²) >= 11 is 0. The maximum Gasteiger partial charge on any atom is 0.331 e. The number of aliphatic carboxylic acids is 1. The van der Waals surface area contributed by atoms with Crippen LogP contribution >= 0.6 is 0 Å². The van der Waals surface area contributed by atoms with Gasteiger partial charge in [0.25, 0.3) is 0 Å². The van der Waals surface area contributed by atoms with E-state index in [0.717, 1.165) is 36.8 Å². The summed E-state index contributed by atoms with van der Waals surface area (Å²) in [4.78, 5) is 24.7. The summed E-state index contributed by atoms with van der Waals surface area (Å²) in [7, 11) is 0. The van der Waals surface area contributed by atoms with Gasteiger partial charge in [-0.1, -0.05) is 32.4 Å². The largest absolute Gasteiger partial charge is 0.478 e. The second-order valence-electron chi connectivity index (χ2n) is 13.0. The summed E-state index contributed by atoms with van der Waals surface area (Å²) in [5, 5.41) is 32.6. The van der Waals surface area contributed by atoms with Crippen LogP contribution in [0.3, 0.4) is 0 Å². The van der Waals surface area contributed by atoms with Crippen molar-refractivity contribution < 1.29 is 29.6 Å². The molecule has 36 heavy (non-hydrogen) atoms. The van der Waals surface area contributed by atoms with E-state index in [1.165, 1.54) is 6.92 Å². The van der Waals surface area contributed by atoms with Gasteiger partial charge >= 0.3 is 11.9 Å². The van der Waals surface area contributed by atoms with Gasteiger partial charge in [0, 0.05) is 12.5 Å². The van der Waals surface area contributed by atoms with Crippen LogP contribution in [-0.2, 0) is 14.3 Å². The zero-order valence-electron chi connectivity index (χ0n) is 22.9. The van der Waals surface area contributed by atoms with Crippen molar-refractivity contribution >= 4 is 11.9 Å². The van der Waals surface area contributed by atoms with Gasteiger partial charge in [-0.3, -0.25) is 4.79 Å². The van der Waals surface area contributed by atoms with Gasteiger partial charge in [-0.15, -0.1) is 0 Å². The van der Waals surface area contributed by atoms with E-state index < -0.39 is 24.1 Å². The van der Waals surface area contributed by atoms with Gasteiger partial charge in [-0.2, -0.15) is 0 Å². The maximum atomic E-state index is 12.5. The highest BCUT2D eigenvalue weighted by Gasteiger charge is 2.66. The van der Waals surface area contributed by atoms with Crippen molar-refractivity contribution in [1.82, 2.24) is 0 Å². The number of esters is 1. The van der Waals surface area contributed by atoms with Crippen molar-refractivity contribution in [3.05, 3.63) is 22.8 Å². The van der Waals surface area contributed by atoms with Gasteiger partial charge in [0.05, 0.1) is 12.2 Å². The maximum absolute atomic E-state index is 12.5. The van der Waals surface area contributed by atoms with E-state index in [1.807, 2.05) is 19.9 Å². The fraction of sp³-hybridized carbons (Fsp3) is 0.800. The molecule has 4 fully saturated rings. The minimum Gasteiger partial charge on any atom is -0.478 e. The molecule has 0 radical (unpaired) electrons. The Morgan fingerprint density at radius 1 is 1.03 bits per heavy atom. The lowest BCUT2D eigenvalue weighted by Crippen LogP contribution is -2.61. The average Bonchev–Trinajstić information content (AvgIpc) is 3.04. The Hall–Kier alpha value is -1.66. The molecule has 4 rings (SSSR count). The van der Waals surface area contributed by atoms with Crippen molar-refractivity contribution in [2.24, 2.45) is 40.4 Å². The molecule has 0 saturated heterocycles. The lowest BCUT2D eigenvalue weighted by Gasteiger charge is -2.64. The SMILES string of the molecule is CC(=O)O[C@H]1C[C@@]2(C)[C@@H](C[C@@H](O)[C@@H]3[C@@H]2CCC2[C@H](C)[C@H](O)CC[C@@]23C)/C1=C(\CCC=C(C)C)C(=O)O. The molecule has 0 heterocycles. The molecule has 0 amide bonds. The average molecular weight is 503 g/mol. The van der Waals surface area contributed by atoms with Crippen LogP contribution in [-0.4, -0.2) is 45.6 Å². The smallest absolute Gasteiger partial charge is 0.331 e. The third-order valence-electron chi connectivity index (χ3n) is 10.8. The van der Waals surface area contributed by atoms with Gasteiger partial charge < -0.3 is 20.1 Å². The molecule has 6 heteroatoms. The van der Waals surface area contributed by atoms with Crippen molar-refractivity contribution in [2.75, 3.05) is 0 Å². The van der Waals surface area contributed by atoms with Crippen LogP contribution in [0.1, 0.15) is 92.9 Å². The number of carboxylic acids is 1. The molecule has 0 aromatic rings. The van der Waals surface area contributed by atoms with Crippen molar-refractivity contribution in [3.63, 3.8) is 0 Å². The molecule has 3 N–H and O–H groups in total. The lowest BCUT2D eigenvalue weighted by molar-refractivity contribution is -0.191. The van der Waals surface area contributed by atoms with Crippen LogP contribution in [0.5, 0.6) is 0 Å². The molecule has 4 aliphatic carbocycles. The van der Waals surface area contributed by atoms with Gasteiger partial charge in [-0.05, 0) is 111 Å². The summed E-state index contributed by atoms with van der Waals surface area (Å²) in [6, 6.07) is 0. The number of carbonyl (C=O) groups is 2. The molecule has 0 aromatic heterocycles. The van der Waals surface area contributed by atoms with Crippen LogP contribution in [0.15, 0.2) is 22.8 Å². The lowest BCUT2D eigenvalue weighted by atomic mass is 9.42. The molecular formula is C30H46O6. The Balaban J connectivity index is 1.77. The number of carbonyl (C=O) groups excluding carboxylic acids is 1. The Kier molecular flexibility index (Phi) is 7.53. The van der Waals surface area contributed by atoms with E-state index in [1.54, 1.807) is 0 Å². The van der Waals surface area contributed by atoms with Crippen LogP contribution in [0, 0.1) is 40.4 Å². The van der Waals surface area contributed by atoms with Crippen LogP contribution < -0.4 is 0 Å². The molecule has 0 aliphatic heterocycles. The number of aliphatic hydroxyl groups is 2. The van der Waals surface area contributed by atoms with Crippen molar-refractivity contribution in [1.29, 1.82) is 0 Å². The summed E-state index contributed by atoms with van der Waals surface area (Å²) in [5.41, 5.74) is 1.93. The molecule has 4 saturated carbocycles. The number of rotatable bonds is 5. The van der Waals surface area contributed by atoms with Crippen molar-refractivity contribution in [3.8, 4) is 0 Å². The molecule has 1 unspecified atom stereocenters. The first kappa shape index (κ1) is 27.4. The molecule has 0 spiro atoms. The van der Waals surface area contributed by atoms with E-state index in [2.05, 4.69) is 20.8 Å². The first-order chi connectivity index (χ1) is 16.8. The molecule has 6 nitrogen and oxygen atoms in total. The Morgan fingerprint density at radius 3 is 2.31 bits per heavy atom. The molecule has 0 bridgehead atoms. The fourth-order valence-electron chi connectivity index (χ4n) is 9.24. The predicted molar refractivity (Wildman–Crippen MR) is 138 cm³/mol. The molecule has 4 aliphatic rings. The van der Waals surface area contributed by atoms with Crippen molar-refractivity contribution in [2.45, 2.75) is 111 Å². The van der Waals surface area contributed by atoms with Crippen LogP contribution in [0.25, 0.3) is 0 Å². The Bertz CT molecular complexity index is 947. The number of hydrogen-bond donors (Lipinski definition) is 3. The zero-order valence-corrected chi connectivity index (χ0v) is 22.9. The zero-order chi connectivity index (χ0) is 26.6. The van der Waals surface area contributed by atoms with Crippen LogP contribution in [0.4, 0.5) is 0 Å². The number of hydrogen-bond acceptors (Lipinski definition) is 5. The van der Waals surface area contributed by atoms with Gasteiger partial charge in [0.2, 0.25) is 0 Å². The van der Waals surface area contributed by atoms with Gasteiger partial charge in [0.1, 0.15) is 6.10 Å². The quantitative estimate of drug-likeness (QED) is 0.269. The van der Waals surface area contributed by atoms with Gasteiger partial charge in [0.15, 0.2) is 0 Å². The highest BCUT2D eigenvalue weighted by molar-refractivity contribution is 5.88. The summed E-state index contributed by atoms with van der Waals surface area (Å²) in [6.45, 7) is 12.1. The normalized spacial score (nSPS) is 45.1. The highest BCUT2D eigenvalue weighted by atomic mass is 16.5. The number of allylic oxidation sites excluding steroid dienone is 2. The molecule has 202 valence electrons. The molecule has 0 aromatic carbocycles. The second-order valence-corrected chi connectivity index (χ2v) is 13.0. The summed E-state index contributed by atoms with van der Waals surface area (Å²) in [5.74, 6) is -0.558. The molecule has 10 atom stereocenters.